The van der Waals surface area contributed by atoms with Gasteiger partial charge in [-0.2, -0.15) is 0 Å². The third kappa shape index (κ3) is 3.89. The van der Waals surface area contributed by atoms with E-state index in [0.29, 0.717) is 5.65 Å². The highest BCUT2D eigenvalue weighted by Gasteiger charge is 2.26. The highest BCUT2D eigenvalue weighted by Crippen LogP contribution is 2.25. The molecule has 1 atom stereocenters. The van der Waals surface area contributed by atoms with Crippen molar-refractivity contribution < 1.29 is 4.79 Å². The van der Waals surface area contributed by atoms with Gasteiger partial charge in [0.05, 0.1) is 17.9 Å². The van der Waals surface area contributed by atoms with E-state index < -0.39 is 0 Å². The minimum Gasteiger partial charge on any atom is -0.370 e. The number of hydrogen-bond donors (Lipinski definition) is 1. The number of nitrogens with one attached hydrogen (secondary N) is 1. The van der Waals surface area contributed by atoms with Gasteiger partial charge in [-0.1, -0.05) is 30.3 Å². The van der Waals surface area contributed by atoms with Crippen LogP contribution in [-0.2, 0) is 4.79 Å². The highest BCUT2D eigenvalue weighted by molar-refractivity contribution is 5.79. The summed E-state index contributed by atoms with van der Waals surface area (Å²) in [6, 6.07) is 12.1. The molecule has 1 saturated heterocycles. The van der Waals surface area contributed by atoms with Crippen molar-refractivity contribution in [3.63, 3.8) is 0 Å². The Hall–Kier alpha value is -3.02. The van der Waals surface area contributed by atoms with Gasteiger partial charge in [-0.15, -0.1) is 0 Å². The molecule has 0 bridgehead atoms. The molecule has 1 N–H and O–H groups in total. The average molecular weight is 361 g/mol. The van der Waals surface area contributed by atoms with Crippen molar-refractivity contribution in [3.8, 4) is 0 Å². The summed E-state index contributed by atoms with van der Waals surface area (Å²) in [5, 5.41) is 3.16. The monoisotopic (exact) mass is 361 g/mol. The maximum Gasteiger partial charge on any atom is 0.223 e. The molecule has 27 heavy (non-hydrogen) atoms. The zero-order valence-corrected chi connectivity index (χ0v) is 15.4. The number of piperidine rings is 1. The number of carbonyl (C=O) groups is 1. The first-order chi connectivity index (χ1) is 13.2. The summed E-state index contributed by atoms with van der Waals surface area (Å²) in [4.78, 5) is 27.8. The van der Waals surface area contributed by atoms with Crippen LogP contribution in [0.1, 0.15) is 31.4 Å². The van der Waals surface area contributed by atoms with Crippen molar-refractivity contribution in [2.75, 3.05) is 18.0 Å². The third-order valence-corrected chi connectivity index (χ3v) is 5.20. The van der Waals surface area contributed by atoms with Crippen molar-refractivity contribution in [1.82, 2.24) is 20.3 Å². The molecule has 1 aliphatic rings. The van der Waals surface area contributed by atoms with Gasteiger partial charge in [0.2, 0.25) is 5.91 Å². The molecule has 6 heteroatoms. The van der Waals surface area contributed by atoms with E-state index in [-0.39, 0.29) is 17.9 Å². The van der Waals surface area contributed by atoms with Crippen molar-refractivity contribution in [2.45, 2.75) is 25.8 Å². The summed E-state index contributed by atoms with van der Waals surface area (Å²) in [7, 11) is 0. The van der Waals surface area contributed by atoms with Gasteiger partial charge in [-0.3, -0.25) is 9.78 Å². The molecule has 138 valence electrons. The lowest BCUT2D eigenvalue weighted by atomic mass is 9.95. The maximum absolute atomic E-state index is 12.6. The lowest BCUT2D eigenvalue weighted by Gasteiger charge is -2.33. The molecule has 1 aliphatic heterocycles. The normalized spacial score (nSPS) is 16.3. The molecule has 2 aromatic heterocycles. The van der Waals surface area contributed by atoms with E-state index in [1.54, 1.807) is 12.4 Å². The maximum atomic E-state index is 12.6. The minimum absolute atomic E-state index is 0.0278. The largest absolute Gasteiger partial charge is 0.370 e. The van der Waals surface area contributed by atoms with Crippen LogP contribution in [0.3, 0.4) is 0 Å². The Morgan fingerprint density at radius 1 is 1.11 bits per heavy atom. The molecule has 0 spiro atoms. The van der Waals surface area contributed by atoms with Crippen LogP contribution in [0.2, 0.25) is 0 Å². The van der Waals surface area contributed by atoms with Gasteiger partial charge < -0.3 is 10.2 Å². The first kappa shape index (κ1) is 17.4. The first-order valence-electron chi connectivity index (χ1n) is 9.38. The summed E-state index contributed by atoms with van der Waals surface area (Å²) < 4.78 is 0. The zero-order valence-electron chi connectivity index (χ0n) is 15.4. The molecule has 0 unspecified atom stereocenters. The number of anilines is 1. The Balaban J connectivity index is 1.36. The molecular formula is C21H23N5O. The number of carbonyl (C=O) groups excluding carboxylic acids is 1. The van der Waals surface area contributed by atoms with Gasteiger partial charge in [0.1, 0.15) is 5.52 Å². The van der Waals surface area contributed by atoms with Crippen LogP contribution in [0.25, 0.3) is 11.2 Å². The van der Waals surface area contributed by atoms with Crippen molar-refractivity contribution in [1.29, 1.82) is 0 Å². The number of pyridine rings is 1. The van der Waals surface area contributed by atoms with E-state index in [1.807, 2.05) is 49.5 Å². The molecule has 3 heterocycles. The second kappa shape index (κ2) is 7.70. The summed E-state index contributed by atoms with van der Waals surface area (Å²) in [6.07, 6.45) is 6.85. The van der Waals surface area contributed by atoms with E-state index in [2.05, 4.69) is 25.2 Å². The number of nitrogens with zero attached hydrogens (tertiary/aromatic N) is 4. The van der Waals surface area contributed by atoms with Crippen molar-refractivity contribution in [3.05, 3.63) is 60.6 Å². The number of hydrogen-bond acceptors (Lipinski definition) is 5. The standard InChI is InChI=1S/C21H23N5O/c1-15(16-5-3-2-4-6-16)25-21(27)17-7-11-26(12-8-17)18-13-19-20(24-14-18)23-10-9-22-19/h2-6,9-10,13-15,17H,7-8,11-12H2,1H3,(H,25,27)/t15-/m0/s1. The Morgan fingerprint density at radius 2 is 1.85 bits per heavy atom. The van der Waals surface area contributed by atoms with E-state index >= 15 is 0 Å². The second-order valence-corrected chi connectivity index (χ2v) is 6.99. The van der Waals surface area contributed by atoms with Crippen LogP contribution >= 0.6 is 0 Å². The third-order valence-electron chi connectivity index (χ3n) is 5.20. The van der Waals surface area contributed by atoms with Gasteiger partial charge >= 0.3 is 0 Å². The number of benzene rings is 1. The molecule has 1 fully saturated rings. The lowest BCUT2D eigenvalue weighted by Crippen LogP contribution is -2.41. The van der Waals surface area contributed by atoms with Crippen LogP contribution in [0.5, 0.6) is 0 Å². The number of aromatic nitrogens is 3. The zero-order chi connectivity index (χ0) is 18.6. The van der Waals surface area contributed by atoms with Crippen LogP contribution in [0.4, 0.5) is 5.69 Å². The molecule has 4 rings (SSSR count). The minimum atomic E-state index is 0.0278. The molecule has 0 radical (unpaired) electrons. The quantitative estimate of drug-likeness (QED) is 0.773. The molecule has 6 nitrogen and oxygen atoms in total. The number of rotatable bonds is 4. The van der Waals surface area contributed by atoms with E-state index in [0.717, 1.165) is 42.7 Å². The van der Waals surface area contributed by atoms with Crippen molar-refractivity contribution in [2.24, 2.45) is 5.92 Å². The number of amides is 1. The average Bonchev–Trinajstić information content (AvgIpc) is 2.74. The first-order valence-corrected chi connectivity index (χ1v) is 9.38. The topological polar surface area (TPSA) is 71.0 Å². The molecule has 1 amide bonds. The van der Waals surface area contributed by atoms with E-state index in [1.165, 1.54) is 0 Å². The fraction of sp³-hybridized carbons (Fsp3) is 0.333. The van der Waals surface area contributed by atoms with Crippen LogP contribution in [0, 0.1) is 5.92 Å². The number of fused-ring (bicyclic) bond motifs is 1. The predicted molar refractivity (Wildman–Crippen MR) is 105 cm³/mol. The SMILES string of the molecule is C[C@H](NC(=O)C1CCN(c2cnc3nccnc3c2)CC1)c1ccccc1. The fourth-order valence-electron chi connectivity index (χ4n) is 3.58. The second-order valence-electron chi connectivity index (χ2n) is 6.99. The van der Waals surface area contributed by atoms with Crippen LogP contribution < -0.4 is 10.2 Å². The molecule has 0 saturated carbocycles. The Bertz CT molecular complexity index is 922. The smallest absolute Gasteiger partial charge is 0.223 e. The lowest BCUT2D eigenvalue weighted by molar-refractivity contribution is -0.126. The van der Waals surface area contributed by atoms with Gasteiger partial charge in [0.25, 0.3) is 0 Å². The Kier molecular flexibility index (Phi) is 4.96. The van der Waals surface area contributed by atoms with Crippen molar-refractivity contribution >= 4 is 22.8 Å². The Morgan fingerprint density at radius 3 is 2.63 bits per heavy atom. The van der Waals surface area contributed by atoms with Crippen LogP contribution in [0.15, 0.2) is 55.0 Å². The van der Waals surface area contributed by atoms with E-state index in [9.17, 15) is 4.79 Å². The summed E-state index contributed by atoms with van der Waals surface area (Å²) in [5.41, 5.74) is 3.63. The molecule has 3 aromatic rings. The van der Waals surface area contributed by atoms with Gasteiger partial charge in [0, 0.05) is 31.4 Å². The Labute approximate surface area is 158 Å². The summed E-state index contributed by atoms with van der Waals surface area (Å²) in [5.74, 6) is 0.203. The molecule has 1 aromatic carbocycles. The highest BCUT2D eigenvalue weighted by atomic mass is 16.1. The van der Waals surface area contributed by atoms with Crippen LogP contribution in [-0.4, -0.2) is 33.9 Å². The van der Waals surface area contributed by atoms with Gasteiger partial charge in [0.15, 0.2) is 5.65 Å². The molecule has 0 aliphatic carbocycles. The van der Waals surface area contributed by atoms with Gasteiger partial charge in [-0.05, 0) is 31.4 Å². The summed E-state index contributed by atoms with van der Waals surface area (Å²) in [6.45, 7) is 3.71. The fourth-order valence-corrected chi connectivity index (χ4v) is 3.58. The van der Waals surface area contributed by atoms with Gasteiger partial charge in [-0.25, -0.2) is 9.97 Å². The predicted octanol–water partition coefficient (Wildman–Crippen LogP) is 3.12. The molecular weight excluding hydrogens is 338 g/mol. The van der Waals surface area contributed by atoms with E-state index in [4.69, 9.17) is 0 Å². The summed E-state index contributed by atoms with van der Waals surface area (Å²) >= 11 is 0.